The Morgan fingerprint density at radius 2 is 1.85 bits per heavy atom. The highest BCUT2D eigenvalue weighted by atomic mass is 35.5. The van der Waals surface area contributed by atoms with Crippen molar-refractivity contribution in [2.45, 2.75) is 0 Å². The summed E-state index contributed by atoms with van der Waals surface area (Å²) < 4.78 is 19.3. The third-order valence-corrected chi connectivity index (χ3v) is 3.78. The minimum Gasteiger partial charge on any atom is -0.457 e. The molecule has 1 heterocycles. The van der Waals surface area contributed by atoms with Gasteiger partial charge < -0.3 is 9.73 Å². The summed E-state index contributed by atoms with van der Waals surface area (Å²) >= 11 is 5.86. The second-order valence-corrected chi connectivity index (χ2v) is 5.75. The minimum atomic E-state index is -0.720. The highest BCUT2D eigenvalue weighted by Gasteiger charge is 2.13. The summed E-state index contributed by atoms with van der Waals surface area (Å²) in [6.45, 7) is 0. The number of para-hydroxylation sites is 1. The number of carbonyl (C=O) groups is 1. The molecule has 1 amide bonds. The van der Waals surface area contributed by atoms with Crippen LogP contribution in [0.2, 0.25) is 5.02 Å². The Balaban J connectivity index is 1.81. The molecule has 128 valence electrons. The summed E-state index contributed by atoms with van der Waals surface area (Å²) in [6.07, 6.45) is 1.30. The van der Waals surface area contributed by atoms with Gasteiger partial charge in [0.15, 0.2) is 0 Å². The lowest BCUT2D eigenvalue weighted by molar-refractivity contribution is -0.112. The van der Waals surface area contributed by atoms with Crippen molar-refractivity contribution in [2.75, 3.05) is 5.32 Å². The molecule has 0 saturated heterocycles. The summed E-state index contributed by atoms with van der Waals surface area (Å²) in [7, 11) is 0. The van der Waals surface area contributed by atoms with Gasteiger partial charge in [-0.3, -0.25) is 4.79 Å². The van der Waals surface area contributed by atoms with E-state index in [1.54, 1.807) is 48.5 Å². The number of hydrogen-bond acceptors (Lipinski definition) is 3. The number of benzene rings is 2. The van der Waals surface area contributed by atoms with Crippen molar-refractivity contribution in [1.82, 2.24) is 0 Å². The molecule has 0 aliphatic carbocycles. The molecule has 0 unspecified atom stereocenters. The third kappa shape index (κ3) is 4.00. The summed E-state index contributed by atoms with van der Waals surface area (Å²) in [6, 6.07) is 17.9. The van der Waals surface area contributed by atoms with Gasteiger partial charge in [0.05, 0.1) is 5.69 Å². The van der Waals surface area contributed by atoms with E-state index in [9.17, 15) is 14.4 Å². The maximum absolute atomic E-state index is 13.6. The molecule has 0 saturated carbocycles. The van der Waals surface area contributed by atoms with E-state index in [1.807, 2.05) is 0 Å². The zero-order valence-electron chi connectivity index (χ0n) is 13.4. The molecule has 4 nitrogen and oxygen atoms in total. The van der Waals surface area contributed by atoms with Crippen LogP contribution in [0.15, 0.2) is 70.7 Å². The van der Waals surface area contributed by atoms with Gasteiger partial charge >= 0.3 is 0 Å². The summed E-state index contributed by atoms with van der Waals surface area (Å²) in [5, 5.41) is 12.2. The van der Waals surface area contributed by atoms with Crippen LogP contribution >= 0.6 is 11.6 Å². The first-order chi connectivity index (χ1) is 12.6. The summed E-state index contributed by atoms with van der Waals surface area (Å²) in [4.78, 5) is 12.2. The van der Waals surface area contributed by atoms with Crippen molar-refractivity contribution in [3.05, 3.63) is 82.8 Å². The number of hydrogen-bond donors (Lipinski definition) is 1. The molecule has 26 heavy (non-hydrogen) atoms. The highest BCUT2D eigenvalue weighted by Crippen LogP contribution is 2.25. The van der Waals surface area contributed by atoms with E-state index in [2.05, 4.69) is 5.32 Å². The van der Waals surface area contributed by atoms with Crippen LogP contribution in [0.4, 0.5) is 10.1 Å². The zero-order chi connectivity index (χ0) is 18.5. The number of amides is 1. The van der Waals surface area contributed by atoms with Gasteiger partial charge in [0.25, 0.3) is 5.91 Å². The smallest absolute Gasteiger partial charge is 0.266 e. The lowest BCUT2D eigenvalue weighted by atomic mass is 10.2. The quantitative estimate of drug-likeness (QED) is 0.504. The molecule has 0 spiro atoms. The molecular weight excluding hydrogens is 355 g/mol. The average Bonchev–Trinajstić information content (AvgIpc) is 3.10. The fourth-order valence-corrected chi connectivity index (χ4v) is 2.37. The van der Waals surface area contributed by atoms with Gasteiger partial charge in [-0.15, -0.1) is 0 Å². The molecule has 3 aromatic rings. The van der Waals surface area contributed by atoms with E-state index in [-0.39, 0.29) is 11.3 Å². The maximum atomic E-state index is 13.6. The van der Waals surface area contributed by atoms with Gasteiger partial charge in [0.1, 0.15) is 29.0 Å². The fraction of sp³-hybridized carbons (Fsp3) is 0. The second kappa shape index (κ2) is 7.68. The van der Waals surface area contributed by atoms with E-state index >= 15 is 0 Å². The van der Waals surface area contributed by atoms with E-state index < -0.39 is 11.7 Å². The summed E-state index contributed by atoms with van der Waals surface area (Å²) in [5.74, 6) is -0.405. The van der Waals surface area contributed by atoms with Crippen molar-refractivity contribution in [1.29, 1.82) is 5.26 Å². The number of nitrogens with one attached hydrogen (secondary N) is 1. The second-order valence-electron chi connectivity index (χ2n) is 5.31. The molecule has 0 radical (unpaired) electrons. The Morgan fingerprint density at radius 1 is 1.12 bits per heavy atom. The molecule has 1 aromatic heterocycles. The molecular formula is C20H12ClFN2O2. The Morgan fingerprint density at radius 3 is 2.54 bits per heavy atom. The summed E-state index contributed by atoms with van der Waals surface area (Å²) in [5.41, 5.74) is 0.605. The Kier molecular flexibility index (Phi) is 5.16. The Labute approximate surface area is 154 Å². The van der Waals surface area contributed by atoms with Gasteiger partial charge in [0, 0.05) is 16.7 Å². The Hall–Kier alpha value is -3.36. The van der Waals surface area contributed by atoms with Gasteiger partial charge in [0.2, 0.25) is 0 Å². The van der Waals surface area contributed by atoms with E-state index in [1.165, 1.54) is 24.3 Å². The normalized spacial score (nSPS) is 11.0. The van der Waals surface area contributed by atoms with Crippen LogP contribution in [0.5, 0.6) is 0 Å². The van der Waals surface area contributed by atoms with Crippen LogP contribution in [0, 0.1) is 17.1 Å². The van der Waals surface area contributed by atoms with Crippen LogP contribution in [0.25, 0.3) is 17.4 Å². The third-order valence-electron chi connectivity index (χ3n) is 3.53. The number of halogens is 2. The van der Waals surface area contributed by atoms with Crippen molar-refractivity contribution < 1.29 is 13.6 Å². The molecule has 2 aromatic carbocycles. The number of nitrogens with zero attached hydrogens (tertiary/aromatic N) is 1. The molecule has 0 fully saturated rings. The number of nitriles is 1. The number of anilines is 1. The largest absolute Gasteiger partial charge is 0.457 e. The van der Waals surface area contributed by atoms with Crippen molar-refractivity contribution in [3.63, 3.8) is 0 Å². The van der Waals surface area contributed by atoms with Gasteiger partial charge in [-0.25, -0.2) is 4.39 Å². The predicted molar refractivity (Wildman–Crippen MR) is 97.8 cm³/mol. The topological polar surface area (TPSA) is 66.0 Å². The molecule has 1 N–H and O–H groups in total. The first kappa shape index (κ1) is 17.5. The highest BCUT2D eigenvalue weighted by molar-refractivity contribution is 6.30. The number of carbonyl (C=O) groups excluding carboxylic acids is 1. The van der Waals surface area contributed by atoms with Crippen molar-refractivity contribution in [2.24, 2.45) is 0 Å². The van der Waals surface area contributed by atoms with Crippen LogP contribution in [0.1, 0.15) is 5.76 Å². The molecule has 0 atom stereocenters. The van der Waals surface area contributed by atoms with E-state index in [4.69, 9.17) is 16.0 Å². The Bertz CT molecular complexity index is 1020. The lowest BCUT2D eigenvalue weighted by Crippen LogP contribution is -2.14. The predicted octanol–water partition coefficient (Wildman–Crippen LogP) is 5.28. The van der Waals surface area contributed by atoms with Crippen LogP contribution in [-0.2, 0) is 4.79 Å². The van der Waals surface area contributed by atoms with Crippen LogP contribution in [0.3, 0.4) is 0 Å². The van der Waals surface area contributed by atoms with Gasteiger partial charge in [-0.05, 0) is 48.5 Å². The minimum absolute atomic E-state index is 0.0000480. The number of furan rings is 1. The lowest BCUT2D eigenvalue weighted by Gasteiger charge is -2.04. The van der Waals surface area contributed by atoms with Gasteiger partial charge in [-0.2, -0.15) is 5.26 Å². The van der Waals surface area contributed by atoms with Crippen molar-refractivity contribution in [3.8, 4) is 17.4 Å². The monoisotopic (exact) mass is 366 g/mol. The fourth-order valence-electron chi connectivity index (χ4n) is 2.24. The molecule has 0 bridgehead atoms. The first-order valence-corrected chi connectivity index (χ1v) is 7.98. The molecule has 3 rings (SSSR count). The SMILES string of the molecule is N#C/C(=C\c1ccc(-c2ccc(Cl)cc2)o1)C(=O)Nc1ccccc1F. The maximum Gasteiger partial charge on any atom is 0.266 e. The van der Waals surface area contributed by atoms with E-state index in [0.717, 1.165) is 5.56 Å². The van der Waals surface area contributed by atoms with Gasteiger partial charge in [-0.1, -0.05) is 23.7 Å². The zero-order valence-corrected chi connectivity index (χ0v) is 14.1. The van der Waals surface area contributed by atoms with E-state index in [0.29, 0.717) is 16.5 Å². The van der Waals surface area contributed by atoms with Crippen LogP contribution < -0.4 is 5.32 Å². The first-order valence-electron chi connectivity index (χ1n) is 7.60. The molecule has 0 aliphatic rings. The standard InChI is InChI=1S/C20H12ClFN2O2/c21-15-7-5-13(6-8-15)19-10-9-16(26-19)11-14(12-23)20(25)24-18-4-2-1-3-17(18)22/h1-11H,(H,24,25)/b14-11+. The van der Waals surface area contributed by atoms with Crippen LogP contribution in [-0.4, -0.2) is 5.91 Å². The molecule has 0 aliphatic heterocycles. The molecule has 6 heteroatoms. The number of rotatable bonds is 4. The van der Waals surface area contributed by atoms with Crippen molar-refractivity contribution >= 4 is 29.3 Å². The average molecular weight is 367 g/mol.